The average molecular weight is 481 g/mol. The fraction of sp³-hybridized carbons (Fsp3) is 0.227. The van der Waals surface area contributed by atoms with E-state index in [4.69, 9.17) is 4.74 Å². The van der Waals surface area contributed by atoms with Crippen LogP contribution in [0, 0.1) is 0 Å². The first kappa shape index (κ1) is 21.4. The SMILES string of the molecule is CCCn1c(=O)c2ccccc2n2c(SCC(=O)Nc3nc4ccc(OC)cc4s3)nnc12. The van der Waals surface area contributed by atoms with Crippen LogP contribution in [0.2, 0.25) is 0 Å². The predicted octanol–water partition coefficient (Wildman–Crippen LogP) is 3.80. The van der Waals surface area contributed by atoms with Crippen molar-refractivity contribution < 1.29 is 9.53 Å². The van der Waals surface area contributed by atoms with Gasteiger partial charge in [-0.2, -0.15) is 0 Å². The van der Waals surface area contributed by atoms with Gasteiger partial charge in [0.2, 0.25) is 11.7 Å². The summed E-state index contributed by atoms with van der Waals surface area (Å²) >= 11 is 2.65. The van der Waals surface area contributed by atoms with Crippen LogP contribution < -0.4 is 15.6 Å². The minimum atomic E-state index is -0.200. The Kier molecular flexibility index (Phi) is 5.73. The van der Waals surface area contributed by atoms with Crippen LogP contribution in [0.15, 0.2) is 52.4 Å². The minimum Gasteiger partial charge on any atom is -0.497 e. The van der Waals surface area contributed by atoms with Gasteiger partial charge in [-0.05, 0) is 36.8 Å². The van der Waals surface area contributed by atoms with Crippen molar-refractivity contribution in [2.75, 3.05) is 18.2 Å². The number of carbonyl (C=O) groups excluding carboxylic acids is 1. The van der Waals surface area contributed by atoms with E-state index in [1.54, 1.807) is 17.7 Å². The molecule has 5 rings (SSSR count). The van der Waals surface area contributed by atoms with Crippen LogP contribution in [0.1, 0.15) is 13.3 Å². The number of thiazole rings is 1. The maximum absolute atomic E-state index is 12.9. The van der Waals surface area contributed by atoms with Crippen molar-refractivity contribution in [3.8, 4) is 5.75 Å². The second-order valence-electron chi connectivity index (χ2n) is 7.28. The van der Waals surface area contributed by atoms with Crippen molar-refractivity contribution in [1.82, 2.24) is 24.1 Å². The molecule has 0 saturated heterocycles. The standard InChI is InChI=1S/C22H20N6O3S2/c1-3-10-27-19(30)14-6-4-5-7-16(14)28-21(27)25-26-22(28)32-12-18(29)24-20-23-15-9-8-13(31-2)11-17(15)33-20/h4-9,11H,3,10,12H2,1-2H3,(H,23,24,29). The van der Waals surface area contributed by atoms with Gasteiger partial charge in [-0.25, -0.2) is 4.98 Å². The molecule has 3 heterocycles. The number of hydrogen-bond donors (Lipinski definition) is 1. The number of methoxy groups -OCH3 is 1. The lowest BCUT2D eigenvalue weighted by Crippen LogP contribution is -2.23. The molecule has 11 heteroatoms. The Morgan fingerprint density at radius 1 is 1.21 bits per heavy atom. The highest BCUT2D eigenvalue weighted by Gasteiger charge is 2.17. The molecule has 0 saturated carbocycles. The smallest absolute Gasteiger partial charge is 0.262 e. The maximum Gasteiger partial charge on any atom is 0.262 e. The van der Waals surface area contributed by atoms with Gasteiger partial charge >= 0.3 is 0 Å². The zero-order chi connectivity index (χ0) is 22.9. The van der Waals surface area contributed by atoms with E-state index in [1.807, 2.05) is 47.7 Å². The van der Waals surface area contributed by atoms with Gasteiger partial charge in [-0.15, -0.1) is 10.2 Å². The highest BCUT2D eigenvalue weighted by atomic mass is 32.2. The number of aryl methyl sites for hydroxylation is 1. The molecule has 3 aromatic heterocycles. The molecular weight excluding hydrogens is 460 g/mol. The van der Waals surface area contributed by atoms with Gasteiger partial charge < -0.3 is 10.1 Å². The molecule has 0 fully saturated rings. The number of fused-ring (bicyclic) bond motifs is 4. The molecule has 0 aliphatic rings. The fourth-order valence-corrected chi connectivity index (χ4v) is 5.27. The Morgan fingerprint density at radius 3 is 2.88 bits per heavy atom. The summed E-state index contributed by atoms with van der Waals surface area (Å²) in [5.74, 6) is 1.14. The minimum absolute atomic E-state index is 0.0888. The molecule has 0 bridgehead atoms. The number of benzene rings is 2. The number of thioether (sulfide) groups is 1. The number of nitrogens with one attached hydrogen (secondary N) is 1. The van der Waals surface area contributed by atoms with E-state index in [1.165, 1.54) is 23.1 Å². The molecule has 0 aliphatic heterocycles. The number of anilines is 1. The van der Waals surface area contributed by atoms with Crippen LogP contribution in [-0.2, 0) is 11.3 Å². The van der Waals surface area contributed by atoms with Crippen LogP contribution in [0.3, 0.4) is 0 Å². The van der Waals surface area contributed by atoms with Crippen molar-refractivity contribution in [3.05, 3.63) is 52.8 Å². The Labute approximate surface area is 196 Å². The summed E-state index contributed by atoms with van der Waals surface area (Å²) in [5, 5.41) is 13.0. The third kappa shape index (κ3) is 3.93. The first-order valence-corrected chi connectivity index (χ1v) is 12.1. The van der Waals surface area contributed by atoms with E-state index < -0.39 is 0 Å². The van der Waals surface area contributed by atoms with Crippen molar-refractivity contribution in [1.29, 1.82) is 0 Å². The summed E-state index contributed by atoms with van der Waals surface area (Å²) in [6.07, 6.45) is 0.791. The first-order chi connectivity index (χ1) is 16.1. The van der Waals surface area contributed by atoms with Crippen LogP contribution in [-0.4, -0.2) is 42.9 Å². The number of carbonyl (C=O) groups is 1. The summed E-state index contributed by atoms with van der Waals surface area (Å²) in [6, 6.07) is 13.0. The Bertz CT molecular complexity index is 1550. The van der Waals surface area contributed by atoms with E-state index in [0.717, 1.165) is 27.9 Å². The zero-order valence-electron chi connectivity index (χ0n) is 17.9. The van der Waals surface area contributed by atoms with Crippen molar-refractivity contribution in [2.24, 2.45) is 0 Å². The second kappa shape index (κ2) is 8.83. The van der Waals surface area contributed by atoms with Gasteiger partial charge in [0, 0.05) is 6.54 Å². The first-order valence-electron chi connectivity index (χ1n) is 10.3. The van der Waals surface area contributed by atoms with Crippen LogP contribution >= 0.6 is 23.1 Å². The number of aromatic nitrogens is 5. The number of rotatable bonds is 7. The molecule has 2 aromatic carbocycles. The maximum atomic E-state index is 12.9. The second-order valence-corrected chi connectivity index (χ2v) is 9.25. The van der Waals surface area contributed by atoms with E-state index in [0.29, 0.717) is 28.0 Å². The van der Waals surface area contributed by atoms with Gasteiger partial charge in [0.15, 0.2) is 10.3 Å². The van der Waals surface area contributed by atoms with E-state index in [-0.39, 0.29) is 17.2 Å². The van der Waals surface area contributed by atoms with Crippen LogP contribution in [0.25, 0.3) is 26.9 Å². The Hall–Kier alpha value is -3.44. The highest BCUT2D eigenvalue weighted by Crippen LogP contribution is 2.29. The van der Waals surface area contributed by atoms with E-state index in [2.05, 4.69) is 20.5 Å². The van der Waals surface area contributed by atoms with Crippen LogP contribution in [0.4, 0.5) is 5.13 Å². The topological polar surface area (TPSA) is 103 Å². The fourth-order valence-electron chi connectivity index (χ4n) is 3.62. The lowest BCUT2D eigenvalue weighted by atomic mass is 10.2. The number of ether oxygens (including phenoxy) is 1. The summed E-state index contributed by atoms with van der Waals surface area (Å²) in [7, 11) is 1.61. The molecular formula is C22H20N6O3S2. The third-order valence-electron chi connectivity index (χ3n) is 5.10. The molecule has 0 radical (unpaired) electrons. The number of nitrogens with zero attached hydrogens (tertiary/aromatic N) is 5. The highest BCUT2D eigenvalue weighted by molar-refractivity contribution is 7.99. The van der Waals surface area contributed by atoms with Crippen molar-refractivity contribution >= 4 is 61.0 Å². The van der Waals surface area contributed by atoms with Gasteiger partial charge in [-0.1, -0.05) is 42.2 Å². The van der Waals surface area contributed by atoms with Gasteiger partial charge in [0.25, 0.3) is 5.56 Å². The lowest BCUT2D eigenvalue weighted by molar-refractivity contribution is -0.113. The largest absolute Gasteiger partial charge is 0.497 e. The van der Waals surface area contributed by atoms with E-state index in [9.17, 15) is 9.59 Å². The van der Waals surface area contributed by atoms with Crippen molar-refractivity contribution in [2.45, 2.75) is 25.0 Å². The average Bonchev–Trinajstić information content (AvgIpc) is 3.43. The number of amides is 1. The molecule has 0 unspecified atom stereocenters. The molecule has 0 aliphatic carbocycles. The predicted molar refractivity (Wildman–Crippen MR) is 131 cm³/mol. The summed E-state index contributed by atoms with van der Waals surface area (Å²) in [6.45, 7) is 2.55. The molecule has 168 valence electrons. The molecule has 33 heavy (non-hydrogen) atoms. The molecule has 1 amide bonds. The van der Waals surface area contributed by atoms with Gasteiger partial charge in [0.1, 0.15) is 5.75 Å². The summed E-state index contributed by atoms with van der Waals surface area (Å²) in [5.41, 5.74) is 1.43. The molecule has 0 atom stereocenters. The molecule has 9 nitrogen and oxygen atoms in total. The normalized spacial score (nSPS) is 11.5. The third-order valence-corrected chi connectivity index (χ3v) is 6.96. The van der Waals surface area contributed by atoms with Gasteiger partial charge in [-0.3, -0.25) is 18.6 Å². The number of hydrogen-bond acceptors (Lipinski definition) is 8. The van der Waals surface area contributed by atoms with Crippen molar-refractivity contribution in [3.63, 3.8) is 0 Å². The Balaban J connectivity index is 1.40. The summed E-state index contributed by atoms with van der Waals surface area (Å²) in [4.78, 5) is 30.0. The molecule has 1 N–H and O–H groups in total. The molecule has 5 aromatic rings. The van der Waals surface area contributed by atoms with Crippen LogP contribution in [0.5, 0.6) is 5.75 Å². The quantitative estimate of drug-likeness (QED) is 0.353. The monoisotopic (exact) mass is 480 g/mol. The lowest BCUT2D eigenvalue weighted by Gasteiger charge is -2.10. The zero-order valence-corrected chi connectivity index (χ0v) is 19.6. The number of para-hydroxylation sites is 1. The molecule has 0 spiro atoms. The summed E-state index contributed by atoms with van der Waals surface area (Å²) < 4.78 is 9.65. The van der Waals surface area contributed by atoms with E-state index >= 15 is 0 Å². The Morgan fingerprint density at radius 2 is 2.06 bits per heavy atom. The van der Waals surface area contributed by atoms with Gasteiger partial charge in [0.05, 0.1) is 34.0 Å².